The summed E-state index contributed by atoms with van der Waals surface area (Å²) in [5.74, 6) is 0.993. The maximum Gasteiger partial charge on any atom is 0.515 e. The van der Waals surface area contributed by atoms with Crippen molar-refractivity contribution in [2.45, 2.75) is 32.6 Å². The van der Waals surface area contributed by atoms with E-state index in [1.165, 1.54) is 15.8 Å². The number of aromatic nitrogens is 1. The molecule has 0 spiro atoms. The number of piperazine rings is 1. The number of hydrogen-bond acceptors (Lipinski definition) is 8. The zero-order valence-electron chi connectivity index (χ0n) is 21.9. The minimum absolute atomic E-state index is 0.225. The van der Waals surface area contributed by atoms with E-state index in [9.17, 15) is 4.79 Å². The van der Waals surface area contributed by atoms with Gasteiger partial charge in [0.15, 0.2) is 0 Å². The van der Waals surface area contributed by atoms with Gasteiger partial charge in [-0.2, -0.15) is 0 Å². The summed E-state index contributed by atoms with van der Waals surface area (Å²) >= 11 is 1.81. The number of rotatable bonds is 11. The molecule has 1 saturated heterocycles. The lowest BCUT2D eigenvalue weighted by molar-refractivity contribution is 0.0964. The number of pyridine rings is 1. The van der Waals surface area contributed by atoms with Crippen molar-refractivity contribution in [2.24, 2.45) is 0 Å². The molecule has 8 heteroatoms. The van der Waals surface area contributed by atoms with Gasteiger partial charge >= 0.3 is 6.16 Å². The summed E-state index contributed by atoms with van der Waals surface area (Å²) in [4.78, 5) is 21.3. The quantitative estimate of drug-likeness (QED) is 0.156. The summed E-state index contributed by atoms with van der Waals surface area (Å²) in [7, 11) is 0. The number of carbonyl (C=O) groups is 1. The lowest BCUT2D eigenvalue weighted by atomic mass is 10.2. The number of nitrogens with zero attached hydrogens (tertiary/aromatic N) is 3. The van der Waals surface area contributed by atoms with Gasteiger partial charge in [-0.25, -0.2) is 9.78 Å². The van der Waals surface area contributed by atoms with Crippen LogP contribution in [0, 0.1) is 0 Å². The van der Waals surface area contributed by atoms with Crippen LogP contribution in [0.5, 0.6) is 11.6 Å². The van der Waals surface area contributed by atoms with Crippen LogP contribution in [0.4, 0.5) is 10.5 Å². The zero-order chi connectivity index (χ0) is 26.2. The average molecular weight is 534 g/mol. The van der Waals surface area contributed by atoms with Gasteiger partial charge in [-0.3, -0.25) is 4.90 Å². The normalized spacial score (nSPS) is 14.2. The first-order valence-electron chi connectivity index (χ1n) is 13.5. The largest absolute Gasteiger partial charge is 0.515 e. The molecule has 4 aromatic rings. The third-order valence-corrected chi connectivity index (χ3v) is 7.75. The molecule has 1 fully saturated rings. The molecule has 0 unspecified atom stereocenters. The number of unbranched alkanes of at least 4 members (excludes halogenated alkanes) is 2. The minimum Gasteiger partial charge on any atom is -0.494 e. The van der Waals surface area contributed by atoms with Gasteiger partial charge in [0.1, 0.15) is 5.75 Å². The van der Waals surface area contributed by atoms with Gasteiger partial charge < -0.3 is 19.1 Å². The Hall–Kier alpha value is -3.36. The van der Waals surface area contributed by atoms with Crippen molar-refractivity contribution in [3.05, 3.63) is 60.0 Å². The fourth-order valence-electron chi connectivity index (χ4n) is 4.73. The fourth-order valence-corrected chi connectivity index (χ4v) is 5.54. The van der Waals surface area contributed by atoms with Crippen molar-refractivity contribution in [3.63, 3.8) is 0 Å². The summed E-state index contributed by atoms with van der Waals surface area (Å²) in [6.07, 6.45) is 3.13. The van der Waals surface area contributed by atoms with Gasteiger partial charge in [0.2, 0.25) is 5.88 Å². The Bertz CT molecular complexity index is 1350. The van der Waals surface area contributed by atoms with Crippen molar-refractivity contribution in [3.8, 4) is 11.6 Å². The Labute approximate surface area is 227 Å². The second-order valence-corrected chi connectivity index (χ2v) is 10.5. The smallest absolute Gasteiger partial charge is 0.494 e. The van der Waals surface area contributed by atoms with Crippen LogP contribution in [0.2, 0.25) is 0 Å². The predicted molar refractivity (Wildman–Crippen MR) is 154 cm³/mol. The molecule has 0 saturated carbocycles. The van der Waals surface area contributed by atoms with Crippen LogP contribution in [0.3, 0.4) is 0 Å². The molecule has 38 heavy (non-hydrogen) atoms. The number of anilines is 1. The molecule has 0 radical (unpaired) electrons. The molecule has 2 aromatic heterocycles. The number of thiophene rings is 1. The second kappa shape index (κ2) is 12.9. The van der Waals surface area contributed by atoms with Gasteiger partial charge in [-0.1, -0.05) is 19.4 Å². The van der Waals surface area contributed by atoms with Gasteiger partial charge in [0, 0.05) is 59.5 Å². The lowest BCUT2D eigenvalue weighted by Crippen LogP contribution is -2.46. The van der Waals surface area contributed by atoms with Crippen molar-refractivity contribution in [2.75, 3.05) is 50.8 Å². The van der Waals surface area contributed by atoms with Gasteiger partial charge in [-0.05, 0) is 67.6 Å². The molecule has 1 aliphatic heterocycles. The first kappa shape index (κ1) is 26.3. The monoisotopic (exact) mass is 533 g/mol. The van der Waals surface area contributed by atoms with Crippen molar-refractivity contribution >= 4 is 44.2 Å². The molecule has 1 aliphatic rings. The highest BCUT2D eigenvalue weighted by atomic mass is 32.1. The van der Waals surface area contributed by atoms with E-state index >= 15 is 0 Å². The Balaban J connectivity index is 1.03. The molecule has 0 amide bonds. The Morgan fingerprint density at radius 2 is 1.84 bits per heavy atom. The topological polar surface area (TPSA) is 64.1 Å². The van der Waals surface area contributed by atoms with E-state index in [0.717, 1.165) is 75.1 Å². The maximum atomic E-state index is 11.8. The first-order valence-corrected chi connectivity index (χ1v) is 14.4. The molecule has 0 bridgehead atoms. The highest BCUT2D eigenvalue weighted by Crippen LogP contribution is 2.31. The first-order chi connectivity index (χ1) is 18.7. The molecule has 0 aliphatic carbocycles. The van der Waals surface area contributed by atoms with E-state index in [2.05, 4.69) is 44.4 Å². The van der Waals surface area contributed by atoms with Crippen LogP contribution in [-0.4, -0.2) is 62.0 Å². The minimum atomic E-state index is -0.723. The van der Waals surface area contributed by atoms with Gasteiger partial charge in [0.25, 0.3) is 0 Å². The third-order valence-electron chi connectivity index (χ3n) is 6.87. The molecule has 3 heterocycles. The summed E-state index contributed by atoms with van der Waals surface area (Å²) in [5, 5.41) is 4.51. The van der Waals surface area contributed by atoms with Crippen LogP contribution in [0.25, 0.3) is 21.0 Å². The van der Waals surface area contributed by atoms with Gasteiger partial charge in [0.05, 0.1) is 18.7 Å². The fraction of sp³-hybridized carbons (Fsp3) is 0.400. The molecule has 0 atom stereocenters. The lowest BCUT2D eigenvalue weighted by Gasteiger charge is -2.36. The summed E-state index contributed by atoms with van der Waals surface area (Å²) in [5.41, 5.74) is 2.09. The average Bonchev–Trinajstić information content (AvgIpc) is 3.42. The van der Waals surface area contributed by atoms with Crippen molar-refractivity contribution in [1.29, 1.82) is 0 Å². The molecule has 200 valence electrons. The number of fused-ring (bicyclic) bond motifs is 2. The summed E-state index contributed by atoms with van der Waals surface area (Å²) < 4.78 is 17.6. The number of benzene rings is 2. The Morgan fingerprint density at radius 1 is 0.974 bits per heavy atom. The third kappa shape index (κ3) is 6.74. The van der Waals surface area contributed by atoms with Gasteiger partial charge in [-0.15, -0.1) is 11.3 Å². The Morgan fingerprint density at radius 3 is 2.71 bits per heavy atom. The van der Waals surface area contributed by atoms with E-state index in [1.807, 2.05) is 42.5 Å². The molecule has 5 rings (SSSR count). The number of hydrogen-bond donors (Lipinski definition) is 0. The van der Waals surface area contributed by atoms with Crippen LogP contribution in [-0.2, 0) is 4.74 Å². The second-order valence-electron chi connectivity index (χ2n) is 9.55. The predicted octanol–water partition coefficient (Wildman–Crippen LogP) is 6.75. The standard InChI is InChI=1S/C30H35N3O4S/c1-2-3-19-36-30(34)37-29-12-10-23-9-11-24(22-26(23)31-29)35-20-5-4-14-32-15-17-33(18-16-32)27-7-6-8-28-25(27)13-21-38-28/h6-13,21-22H,2-5,14-20H2,1H3. The van der Waals surface area contributed by atoms with Crippen LogP contribution >= 0.6 is 11.3 Å². The summed E-state index contributed by atoms with van der Waals surface area (Å²) in [6.45, 7) is 8.45. The van der Waals surface area contributed by atoms with Crippen LogP contribution in [0.15, 0.2) is 60.0 Å². The number of carbonyl (C=O) groups excluding carboxylic acids is 1. The van der Waals surface area contributed by atoms with E-state index in [-0.39, 0.29) is 5.88 Å². The van der Waals surface area contributed by atoms with Crippen LogP contribution in [0.1, 0.15) is 32.6 Å². The highest BCUT2D eigenvalue weighted by molar-refractivity contribution is 7.17. The Kier molecular flexibility index (Phi) is 8.94. The maximum absolute atomic E-state index is 11.8. The SMILES string of the molecule is CCCCOC(=O)Oc1ccc2ccc(OCCCCN3CCN(c4cccc5sccc45)CC3)cc2n1. The molecule has 2 aromatic carbocycles. The van der Waals surface area contributed by atoms with E-state index in [1.54, 1.807) is 6.07 Å². The van der Waals surface area contributed by atoms with Crippen molar-refractivity contribution in [1.82, 2.24) is 9.88 Å². The number of ether oxygens (including phenoxy) is 3. The molecule has 7 nitrogen and oxygen atoms in total. The zero-order valence-corrected chi connectivity index (χ0v) is 22.8. The summed E-state index contributed by atoms with van der Waals surface area (Å²) in [6, 6.07) is 18.2. The molecular weight excluding hydrogens is 498 g/mol. The van der Waals surface area contributed by atoms with E-state index in [4.69, 9.17) is 14.2 Å². The van der Waals surface area contributed by atoms with E-state index in [0.29, 0.717) is 13.2 Å². The highest BCUT2D eigenvalue weighted by Gasteiger charge is 2.18. The van der Waals surface area contributed by atoms with E-state index < -0.39 is 6.16 Å². The van der Waals surface area contributed by atoms with Crippen molar-refractivity contribution < 1.29 is 19.0 Å². The molecule has 0 N–H and O–H groups in total. The van der Waals surface area contributed by atoms with Crippen LogP contribution < -0.4 is 14.4 Å². The molecular formula is C30H35N3O4S.